The Morgan fingerprint density at radius 2 is 1.91 bits per heavy atom. The van der Waals surface area contributed by atoms with Gasteiger partial charge in [0.25, 0.3) is 0 Å². The number of aromatic amines is 1. The van der Waals surface area contributed by atoms with Crippen molar-refractivity contribution in [1.82, 2.24) is 19.7 Å². The molecule has 32 heavy (non-hydrogen) atoms. The second-order valence-electron chi connectivity index (χ2n) is 7.00. The van der Waals surface area contributed by atoms with E-state index in [1.54, 1.807) is 18.3 Å². The zero-order chi connectivity index (χ0) is 21.9. The van der Waals surface area contributed by atoms with E-state index in [0.29, 0.717) is 22.2 Å². The van der Waals surface area contributed by atoms with E-state index in [2.05, 4.69) is 31.6 Å². The third kappa shape index (κ3) is 3.83. The number of benzene rings is 3. The van der Waals surface area contributed by atoms with Gasteiger partial charge in [-0.25, -0.2) is 9.98 Å². The maximum absolute atomic E-state index is 9.59. The van der Waals surface area contributed by atoms with E-state index in [-0.39, 0.29) is 0 Å². The molecule has 0 bridgehead atoms. The van der Waals surface area contributed by atoms with Crippen molar-refractivity contribution in [3.63, 3.8) is 0 Å². The minimum atomic E-state index is 0.322. The van der Waals surface area contributed by atoms with Crippen LogP contribution in [0.4, 0.5) is 17.3 Å². The number of rotatable bonds is 5. The summed E-state index contributed by atoms with van der Waals surface area (Å²) in [4.78, 5) is 8.85. The topological polar surface area (TPSA) is 94.7 Å². The molecule has 0 spiro atoms. The van der Waals surface area contributed by atoms with E-state index in [4.69, 9.17) is 11.6 Å². The van der Waals surface area contributed by atoms with Crippen LogP contribution in [-0.2, 0) is 0 Å². The molecule has 3 aromatic carbocycles. The van der Waals surface area contributed by atoms with Gasteiger partial charge < -0.3 is 5.32 Å². The van der Waals surface area contributed by atoms with E-state index in [1.165, 1.54) is 0 Å². The van der Waals surface area contributed by atoms with Crippen LogP contribution in [0.15, 0.2) is 84.1 Å². The average molecular weight is 438 g/mol. The summed E-state index contributed by atoms with van der Waals surface area (Å²) in [6.45, 7) is 0. The van der Waals surface area contributed by atoms with E-state index in [1.807, 2.05) is 71.6 Å². The van der Waals surface area contributed by atoms with Crippen molar-refractivity contribution < 1.29 is 0 Å². The predicted octanol–water partition coefficient (Wildman–Crippen LogP) is 5.77. The number of halogens is 1. The van der Waals surface area contributed by atoms with Crippen LogP contribution >= 0.6 is 11.6 Å². The van der Waals surface area contributed by atoms with Crippen molar-refractivity contribution in [2.24, 2.45) is 4.99 Å². The molecule has 7 nitrogen and oxygen atoms in total. The molecule has 8 heteroatoms. The summed E-state index contributed by atoms with van der Waals surface area (Å²) in [7, 11) is 0. The van der Waals surface area contributed by atoms with Crippen molar-refractivity contribution in [2.75, 3.05) is 5.32 Å². The van der Waals surface area contributed by atoms with Crippen LogP contribution in [0.25, 0.3) is 16.7 Å². The molecule has 0 atom stereocenters. The Hall–Kier alpha value is -4.41. The fraction of sp³-hybridized carbons (Fsp3) is 0. The Labute approximate surface area is 188 Å². The van der Waals surface area contributed by atoms with Gasteiger partial charge in [-0.15, -0.1) is 0 Å². The quantitative estimate of drug-likeness (QED) is 0.341. The van der Waals surface area contributed by atoms with E-state index in [0.717, 1.165) is 28.0 Å². The number of nitrogens with zero attached hydrogens (tertiary/aromatic N) is 5. The zero-order valence-electron chi connectivity index (χ0n) is 16.7. The second kappa shape index (κ2) is 8.38. The molecule has 0 unspecified atom stereocenters. The summed E-state index contributed by atoms with van der Waals surface area (Å²) in [6.07, 6.45) is 3.50. The number of hydrogen-bond donors (Lipinski definition) is 2. The molecule has 2 N–H and O–H groups in total. The maximum Gasteiger partial charge on any atom is 0.172 e. The van der Waals surface area contributed by atoms with Gasteiger partial charge in [0.1, 0.15) is 18.0 Å². The first-order valence-electron chi connectivity index (χ1n) is 9.79. The third-order valence-electron chi connectivity index (χ3n) is 4.91. The molecular formula is C24H16ClN7. The monoisotopic (exact) mass is 437 g/mol. The summed E-state index contributed by atoms with van der Waals surface area (Å²) in [5, 5.41) is 20.2. The summed E-state index contributed by atoms with van der Waals surface area (Å²) in [6, 6.07) is 25.2. The molecule has 0 fully saturated rings. The number of nitriles is 1. The molecule has 2 aromatic heterocycles. The fourth-order valence-corrected chi connectivity index (χ4v) is 3.54. The molecule has 154 valence electrons. The number of hydrogen-bond acceptors (Lipinski definition) is 5. The molecule has 0 aliphatic carbocycles. The molecule has 0 amide bonds. The van der Waals surface area contributed by atoms with Crippen LogP contribution in [0.5, 0.6) is 0 Å². The smallest absolute Gasteiger partial charge is 0.172 e. The Kier molecular flexibility index (Phi) is 5.12. The summed E-state index contributed by atoms with van der Waals surface area (Å²) < 4.78 is 2.03. The Bertz CT molecular complexity index is 1470. The van der Waals surface area contributed by atoms with Crippen LogP contribution in [0, 0.1) is 11.3 Å². The largest absolute Gasteiger partial charge is 0.338 e. The highest BCUT2D eigenvalue weighted by Gasteiger charge is 2.12. The normalized spacial score (nSPS) is 11.1. The van der Waals surface area contributed by atoms with Gasteiger partial charge in [-0.3, -0.25) is 9.67 Å². The van der Waals surface area contributed by atoms with Gasteiger partial charge in [0, 0.05) is 22.6 Å². The SMILES string of the molecule is N#Cc1c(Nc2cccc(Cl)c2)n[nH]c1/N=C/c1ccc(-n2cnc3ccccc32)cc1. The molecule has 2 heterocycles. The van der Waals surface area contributed by atoms with E-state index < -0.39 is 0 Å². The van der Waals surface area contributed by atoms with Crippen LogP contribution in [0.2, 0.25) is 5.02 Å². The van der Waals surface area contributed by atoms with Gasteiger partial charge in [-0.2, -0.15) is 10.4 Å². The lowest BCUT2D eigenvalue weighted by Gasteiger charge is -2.04. The van der Waals surface area contributed by atoms with Gasteiger partial charge in [0.05, 0.1) is 11.0 Å². The van der Waals surface area contributed by atoms with Crippen LogP contribution < -0.4 is 5.32 Å². The Balaban J connectivity index is 1.36. The van der Waals surface area contributed by atoms with Gasteiger partial charge >= 0.3 is 0 Å². The standard InChI is InChI=1S/C24H16ClN7/c25-17-4-3-5-18(12-17)29-24-20(13-26)23(30-31-24)27-14-16-8-10-19(11-9-16)32-15-28-21-6-1-2-7-22(21)32/h1-12,14-15H,(H2,29,30,31)/b27-14+. The highest BCUT2D eigenvalue weighted by atomic mass is 35.5. The van der Waals surface area contributed by atoms with Crippen molar-refractivity contribution in [1.29, 1.82) is 5.26 Å². The minimum Gasteiger partial charge on any atom is -0.338 e. The van der Waals surface area contributed by atoms with Crippen molar-refractivity contribution in [3.8, 4) is 11.8 Å². The Morgan fingerprint density at radius 3 is 2.72 bits per heavy atom. The van der Waals surface area contributed by atoms with Crippen LogP contribution in [0.1, 0.15) is 11.1 Å². The molecule has 0 radical (unpaired) electrons. The number of aromatic nitrogens is 4. The van der Waals surface area contributed by atoms with Crippen molar-refractivity contribution >= 4 is 46.2 Å². The van der Waals surface area contributed by atoms with Crippen molar-refractivity contribution in [2.45, 2.75) is 0 Å². The molecular weight excluding hydrogens is 422 g/mol. The van der Waals surface area contributed by atoms with Gasteiger partial charge in [-0.1, -0.05) is 41.9 Å². The third-order valence-corrected chi connectivity index (χ3v) is 5.15. The number of anilines is 2. The zero-order valence-corrected chi connectivity index (χ0v) is 17.5. The highest BCUT2D eigenvalue weighted by molar-refractivity contribution is 6.30. The highest BCUT2D eigenvalue weighted by Crippen LogP contribution is 2.27. The first kappa shape index (κ1) is 19.5. The van der Waals surface area contributed by atoms with Gasteiger partial charge in [-0.05, 0) is 48.0 Å². The summed E-state index contributed by atoms with van der Waals surface area (Å²) in [5.41, 5.74) is 4.94. The fourth-order valence-electron chi connectivity index (χ4n) is 3.35. The lowest BCUT2D eigenvalue weighted by molar-refractivity contribution is 1.08. The van der Waals surface area contributed by atoms with Gasteiger partial charge in [0.15, 0.2) is 11.6 Å². The molecule has 5 aromatic rings. The predicted molar refractivity (Wildman–Crippen MR) is 126 cm³/mol. The van der Waals surface area contributed by atoms with E-state index in [9.17, 15) is 5.26 Å². The van der Waals surface area contributed by atoms with Gasteiger partial charge in [0.2, 0.25) is 0 Å². The summed E-state index contributed by atoms with van der Waals surface area (Å²) >= 11 is 6.02. The number of para-hydroxylation sites is 2. The molecule has 0 aliphatic rings. The summed E-state index contributed by atoms with van der Waals surface area (Å²) in [5.74, 6) is 0.769. The molecule has 5 rings (SSSR count). The number of H-pyrrole nitrogens is 1. The van der Waals surface area contributed by atoms with Crippen molar-refractivity contribution in [3.05, 3.63) is 95.3 Å². The molecule has 0 aliphatic heterocycles. The maximum atomic E-state index is 9.59. The lowest BCUT2D eigenvalue weighted by atomic mass is 10.2. The first-order valence-corrected chi connectivity index (χ1v) is 10.2. The number of nitrogens with one attached hydrogen (secondary N) is 2. The number of fused-ring (bicyclic) bond motifs is 1. The average Bonchev–Trinajstić information content (AvgIpc) is 3.42. The number of imidazole rings is 1. The molecule has 0 saturated carbocycles. The Morgan fingerprint density at radius 1 is 1.06 bits per heavy atom. The first-order chi connectivity index (χ1) is 15.7. The van der Waals surface area contributed by atoms with E-state index >= 15 is 0 Å². The van der Waals surface area contributed by atoms with Crippen LogP contribution in [0.3, 0.4) is 0 Å². The second-order valence-corrected chi connectivity index (χ2v) is 7.43. The molecule has 0 saturated heterocycles. The van der Waals surface area contributed by atoms with Crippen LogP contribution in [-0.4, -0.2) is 26.0 Å². The lowest BCUT2D eigenvalue weighted by Crippen LogP contribution is -1.92. The minimum absolute atomic E-state index is 0.322. The number of aliphatic imine (C=N–C) groups is 1.